The van der Waals surface area contributed by atoms with Crippen molar-refractivity contribution in [3.05, 3.63) is 17.5 Å². The largest absolute Gasteiger partial charge is 0.393 e. The van der Waals surface area contributed by atoms with E-state index in [1.54, 1.807) is 0 Å². The Morgan fingerprint density at radius 1 is 1.56 bits per heavy atom. The van der Waals surface area contributed by atoms with Gasteiger partial charge in [-0.2, -0.15) is 5.10 Å². The summed E-state index contributed by atoms with van der Waals surface area (Å²) in [6, 6.07) is 2.12. The van der Waals surface area contributed by atoms with Crippen molar-refractivity contribution in [3.63, 3.8) is 0 Å². The molecule has 0 aliphatic rings. The highest BCUT2D eigenvalue weighted by molar-refractivity contribution is 5.08. The van der Waals surface area contributed by atoms with Crippen molar-refractivity contribution >= 4 is 0 Å². The van der Waals surface area contributed by atoms with E-state index in [2.05, 4.69) is 23.4 Å². The predicted octanol–water partition coefficient (Wildman–Crippen LogP) is 1.46. The predicted molar refractivity (Wildman–Crippen MR) is 65.3 cm³/mol. The van der Waals surface area contributed by atoms with Crippen LogP contribution >= 0.6 is 0 Å². The normalized spacial score (nSPS) is 13.0. The highest BCUT2D eigenvalue weighted by Crippen LogP contribution is 2.03. The van der Waals surface area contributed by atoms with Gasteiger partial charge in [-0.15, -0.1) is 0 Å². The van der Waals surface area contributed by atoms with Gasteiger partial charge in [0.05, 0.1) is 17.5 Å². The fourth-order valence-electron chi connectivity index (χ4n) is 1.75. The molecular formula is C12H23N3O. The van der Waals surface area contributed by atoms with E-state index in [1.165, 1.54) is 5.69 Å². The summed E-state index contributed by atoms with van der Waals surface area (Å²) >= 11 is 0. The quantitative estimate of drug-likeness (QED) is 0.691. The first-order valence-electron chi connectivity index (χ1n) is 6.05. The van der Waals surface area contributed by atoms with Gasteiger partial charge in [0.15, 0.2) is 0 Å². The summed E-state index contributed by atoms with van der Waals surface area (Å²) in [5.74, 6) is 0. The smallest absolute Gasteiger partial charge is 0.0597 e. The van der Waals surface area contributed by atoms with Crippen molar-refractivity contribution in [1.82, 2.24) is 15.1 Å². The van der Waals surface area contributed by atoms with Gasteiger partial charge in [-0.05, 0) is 46.2 Å². The number of nitrogens with zero attached hydrogens (tertiary/aromatic N) is 2. The molecule has 1 atom stereocenters. The lowest BCUT2D eigenvalue weighted by molar-refractivity contribution is 0.181. The number of hydrogen-bond donors (Lipinski definition) is 2. The van der Waals surface area contributed by atoms with E-state index >= 15 is 0 Å². The van der Waals surface area contributed by atoms with Gasteiger partial charge in [0.2, 0.25) is 0 Å². The summed E-state index contributed by atoms with van der Waals surface area (Å²) in [6.45, 7) is 8.66. The minimum Gasteiger partial charge on any atom is -0.393 e. The van der Waals surface area contributed by atoms with Crippen molar-refractivity contribution in [2.75, 3.05) is 6.54 Å². The molecular weight excluding hydrogens is 202 g/mol. The number of rotatable bonds is 7. The topological polar surface area (TPSA) is 50.1 Å². The minimum atomic E-state index is -0.190. The summed E-state index contributed by atoms with van der Waals surface area (Å²) in [7, 11) is 0. The minimum absolute atomic E-state index is 0.190. The molecule has 92 valence electrons. The molecule has 2 N–H and O–H groups in total. The molecule has 16 heavy (non-hydrogen) atoms. The van der Waals surface area contributed by atoms with Gasteiger partial charge >= 0.3 is 0 Å². The molecule has 0 radical (unpaired) electrons. The van der Waals surface area contributed by atoms with Crippen LogP contribution in [0.5, 0.6) is 0 Å². The highest BCUT2D eigenvalue weighted by atomic mass is 16.3. The molecule has 1 rings (SSSR count). The first kappa shape index (κ1) is 13.2. The SMILES string of the molecule is CCn1nc(C)cc1CNCCCC(C)O. The molecule has 0 bridgehead atoms. The monoisotopic (exact) mass is 225 g/mol. The van der Waals surface area contributed by atoms with E-state index in [-0.39, 0.29) is 6.10 Å². The third-order valence-corrected chi connectivity index (χ3v) is 2.57. The average Bonchev–Trinajstić information content (AvgIpc) is 2.58. The Bertz CT molecular complexity index is 307. The molecule has 0 aliphatic heterocycles. The molecule has 1 aromatic rings. The van der Waals surface area contributed by atoms with Crippen LogP contribution < -0.4 is 5.32 Å². The molecule has 1 heterocycles. The van der Waals surface area contributed by atoms with Crippen molar-refractivity contribution < 1.29 is 5.11 Å². The zero-order valence-electron chi connectivity index (χ0n) is 10.5. The first-order valence-corrected chi connectivity index (χ1v) is 6.05. The van der Waals surface area contributed by atoms with Crippen molar-refractivity contribution in [2.24, 2.45) is 0 Å². The van der Waals surface area contributed by atoms with E-state index < -0.39 is 0 Å². The third kappa shape index (κ3) is 4.33. The number of aryl methyl sites for hydroxylation is 2. The fraction of sp³-hybridized carbons (Fsp3) is 0.750. The van der Waals surface area contributed by atoms with Crippen LogP contribution in [-0.4, -0.2) is 27.5 Å². The Hall–Kier alpha value is -0.870. The fourth-order valence-corrected chi connectivity index (χ4v) is 1.75. The third-order valence-electron chi connectivity index (χ3n) is 2.57. The maximum absolute atomic E-state index is 9.11. The average molecular weight is 225 g/mol. The summed E-state index contributed by atoms with van der Waals surface area (Å²) in [4.78, 5) is 0. The summed E-state index contributed by atoms with van der Waals surface area (Å²) in [6.07, 6.45) is 1.68. The molecule has 4 nitrogen and oxygen atoms in total. The summed E-state index contributed by atoms with van der Waals surface area (Å²) in [5.41, 5.74) is 2.31. The van der Waals surface area contributed by atoms with Crippen LogP contribution in [0.2, 0.25) is 0 Å². The Balaban J connectivity index is 2.26. The highest BCUT2D eigenvalue weighted by Gasteiger charge is 2.03. The van der Waals surface area contributed by atoms with Crippen LogP contribution in [0.4, 0.5) is 0 Å². The lowest BCUT2D eigenvalue weighted by Gasteiger charge is -2.07. The molecule has 0 aromatic carbocycles. The van der Waals surface area contributed by atoms with Crippen molar-refractivity contribution in [2.45, 2.75) is 52.8 Å². The maximum atomic E-state index is 9.11. The lowest BCUT2D eigenvalue weighted by Crippen LogP contribution is -2.18. The second-order valence-electron chi connectivity index (χ2n) is 4.26. The standard InChI is InChI=1S/C12H23N3O/c1-4-15-12(8-10(2)14-15)9-13-7-5-6-11(3)16/h8,11,13,16H,4-7,9H2,1-3H3. The molecule has 0 saturated carbocycles. The zero-order valence-corrected chi connectivity index (χ0v) is 10.5. The summed E-state index contributed by atoms with van der Waals surface area (Å²) < 4.78 is 2.02. The molecule has 4 heteroatoms. The molecule has 0 fully saturated rings. The Kier molecular flexibility index (Phi) is 5.49. The van der Waals surface area contributed by atoms with Crippen molar-refractivity contribution in [3.8, 4) is 0 Å². The van der Waals surface area contributed by atoms with Crippen LogP contribution in [0.1, 0.15) is 38.1 Å². The first-order chi connectivity index (χ1) is 7.63. The molecule has 1 aromatic heterocycles. The van der Waals surface area contributed by atoms with E-state index in [9.17, 15) is 0 Å². The molecule has 0 spiro atoms. The van der Waals surface area contributed by atoms with Gasteiger partial charge < -0.3 is 10.4 Å². The number of aliphatic hydroxyl groups excluding tert-OH is 1. The lowest BCUT2D eigenvalue weighted by atomic mass is 10.2. The Morgan fingerprint density at radius 2 is 2.31 bits per heavy atom. The summed E-state index contributed by atoms with van der Waals surface area (Å²) in [5, 5.41) is 16.9. The molecule has 0 amide bonds. The van der Waals surface area contributed by atoms with E-state index in [0.29, 0.717) is 0 Å². The zero-order chi connectivity index (χ0) is 12.0. The van der Waals surface area contributed by atoms with E-state index in [0.717, 1.165) is 38.2 Å². The molecule has 1 unspecified atom stereocenters. The number of aliphatic hydroxyl groups is 1. The van der Waals surface area contributed by atoms with Crippen LogP contribution in [0, 0.1) is 6.92 Å². The van der Waals surface area contributed by atoms with E-state index in [4.69, 9.17) is 5.11 Å². The van der Waals surface area contributed by atoms with Gasteiger partial charge in [0.25, 0.3) is 0 Å². The van der Waals surface area contributed by atoms with E-state index in [1.807, 2.05) is 18.5 Å². The van der Waals surface area contributed by atoms with Gasteiger partial charge in [-0.25, -0.2) is 0 Å². The molecule has 0 saturated heterocycles. The molecule has 0 aliphatic carbocycles. The maximum Gasteiger partial charge on any atom is 0.0597 e. The second kappa shape index (κ2) is 6.66. The number of hydrogen-bond acceptors (Lipinski definition) is 3. The van der Waals surface area contributed by atoms with Gasteiger partial charge in [0, 0.05) is 13.1 Å². The van der Waals surface area contributed by atoms with Gasteiger partial charge in [0.1, 0.15) is 0 Å². The van der Waals surface area contributed by atoms with Crippen LogP contribution in [0.15, 0.2) is 6.07 Å². The van der Waals surface area contributed by atoms with Gasteiger partial charge in [-0.3, -0.25) is 4.68 Å². The second-order valence-corrected chi connectivity index (χ2v) is 4.26. The Morgan fingerprint density at radius 3 is 2.94 bits per heavy atom. The van der Waals surface area contributed by atoms with Gasteiger partial charge in [-0.1, -0.05) is 0 Å². The number of aromatic nitrogens is 2. The van der Waals surface area contributed by atoms with Crippen molar-refractivity contribution in [1.29, 1.82) is 0 Å². The van der Waals surface area contributed by atoms with Crippen LogP contribution in [-0.2, 0) is 13.1 Å². The Labute approximate surface area is 97.7 Å². The number of nitrogens with one attached hydrogen (secondary N) is 1. The van der Waals surface area contributed by atoms with Crippen LogP contribution in [0.3, 0.4) is 0 Å². The van der Waals surface area contributed by atoms with Crippen LogP contribution in [0.25, 0.3) is 0 Å².